The van der Waals surface area contributed by atoms with Gasteiger partial charge in [-0.3, -0.25) is 4.79 Å². The van der Waals surface area contributed by atoms with Gasteiger partial charge in [0.15, 0.2) is 0 Å². The molecule has 1 spiro atoms. The highest BCUT2D eigenvalue weighted by Crippen LogP contribution is 2.38. The number of hydrogen-bond acceptors (Lipinski definition) is 3. The van der Waals surface area contributed by atoms with Gasteiger partial charge in [0.25, 0.3) is 0 Å². The molecule has 2 fully saturated rings. The van der Waals surface area contributed by atoms with Crippen molar-refractivity contribution in [3.63, 3.8) is 0 Å². The molecule has 0 aromatic carbocycles. The standard InChI is InChI=1S/C15H29N3O.2ClH/c1-3-15(4-2,11-16)13(19)18-9-6-14(7-10-18)5-8-17-12-14;;/h17H,3-12,16H2,1-2H3;2*1H. The van der Waals surface area contributed by atoms with Gasteiger partial charge in [0.2, 0.25) is 5.91 Å². The second-order valence-electron chi connectivity index (χ2n) is 6.41. The highest BCUT2D eigenvalue weighted by atomic mass is 35.5. The van der Waals surface area contributed by atoms with Crippen molar-refractivity contribution in [1.29, 1.82) is 0 Å². The Kier molecular flexibility index (Phi) is 8.55. The summed E-state index contributed by atoms with van der Waals surface area (Å²) in [6.45, 7) is 8.76. The van der Waals surface area contributed by atoms with Crippen molar-refractivity contribution >= 4 is 30.7 Å². The van der Waals surface area contributed by atoms with Crippen LogP contribution in [0.5, 0.6) is 0 Å². The third-order valence-corrected chi connectivity index (χ3v) is 5.64. The van der Waals surface area contributed by atoms with E-state index in [1.165, 1.54) is 6.42 Å². The summed E-state index contributed by atoms with van der Waals surface area (Å²) >= 11 is 0. The van der Waals surface area contributed by atoms with Crippen LogP contribution in [-0.2, 0) is 4.79 Å². The summed E-state index contributed by atoms with van der Waals surface area (Å²) in [6, 6.07) is 0. The van der Waals surface area contributed by atoms with Gasteiger partial charge < -0.3 is 16.0 Å². The van der Waals surface area contributed by atoms with Crippen molar-refractivity contribution in [1.82, 2.24) is 10.2 Å². The largest absolute Gasteiger partial charge is 0.342 e. The smallest absolute Gasteiger partial charge is 0.230 e. The number of rotatable bonds is 4. The molecule has 2 heterocycles. The lowest BCUT2D eigenvalue weighted by molar-refractivity contribution is -0.144. The molecule has 2 rings (SSSR count). The summed E-state index contributed by atoms with van der Waals surface area (Å²) in [5.41, 5.74) is 6.05. The van der Waals surface area contributed by atoms with Crippen molar-refractivity contribution in [2.75, 3.05) is 32.7 Å². The van der Waals surface area contributed by atoms with Crippen LogP contribution in [0.3, 0.4) is 0 Å². The van der Waals surface area contributed by atoms with Crippen LogP contribution in [0.25, 0.3) is 0 Å². The van der Waals surface area contributed by atoms with Crippen molar-refractivity contribution < 1.29 is 4.79 Å². The number of halogens is 2. The Balaban J connectivity index is 0.00000200. The molecule has 0 atom stereocenters. The van der Waals surface area contributed by atoms with Crippen LogP contribution in [0.1, 0.15) is 46.0 Å². The van der Waals surface area contributed by atoms with E-state index < -0.39 is 0 Å². The lowest BCUT2D eigenvalue weighted by Crippen LogP contribution is -2.52. The van der Waals surface area contributed by atoms with Gasteiger partial charge in [-0.15, -0.1) is 24.8 Å². The van der Waals surface area contributed by atoms with Crippen LogP contribution in [0.4, 0.5) is 0 Å². The average molecular weight is 340 g/mol. The molecule has 0 aliphatic carbocycles. The number of carbonyl (C=O) groups excluding carboxylic acids is 1. The van der Waals surface area contributed by atoms with Crippen LogP contribution in [0, 0.1) is 10.8 Å². The maximum absolute atomic E-state index is 12.7. The fourth-order valence-corrected chi connectivity index (χ4v) is 3.67. The fourth-order valence-electron chi connectivity index (χ4n) is 3.67. The Morgan fingerprint density at radius 1 is 1.19 bits per heavy atom. The molecule has 21 heavy (non-hydrogen) atoms. The van der Waals surface area contributed by atoms with Gasteiger partial charge in [-0.2, -0.15) is 0 Å². The van der Waals surface area contributed by atoms with E-state index in [1.807, 2.05) is 0 Å². The molecule has 6 heteroatoms. The summed E-state index contributed by atoms with van der Waals surface area (Å²) in [7, 11) is 0. The van der Waals surface area contributed by atoms with Crippen LogP contribution >= 0.6 is 24.8 Å². The number of hydrogen-bond donors (Lipinski definition) is 2. The van der Waals surface area contributed by atoms with E-state index in [-0.39, 0.29) is 30.2 Å². The van der Waals surface area contributed by atoms with E-state index in [0.717, 1.165) is 51.9 Å². The van der Waals surface area contributed by atoms with Gasteiger partial charge in [-0.05, 0) is 44.1 Å². The first-order chi connectivity index (χ1) is 9.11. The quantitative estimate of drug-likeness (QED) is 0.825. The molecule has 0 aromatic heterocycles. The van der Waals surface area contributed by atoms with Crippen LogP contribution < -0.4 is 11.1 Å². The third kappa shape index (κ3) is 4.04. The molecule has 0 aromatic rings. The Hall–Kier alpha value is -0.0300. The second kappa shape index (κ2) is 8.56. The van der Waals surface area contributed by atoms with E-state index in [1.54, 1.807) is 0 Å². The van der Waals surface area contributed by atoms with Gasteiger partial charge in [0.05, 0.1) is 5.41 Å². The number of piperidine rings is 1. The zero-order chi connectivity index (χ0) is 13.9. The molecule has 3 N–H and O–H groups in total. The Labute approximate surface area is 141 Å². The van der Waals surface area contributed by atoms with Gasteiger partial charge in [0.1, 0.15) is 0 Å². The molecule has 4 nitrogen and oxygen atoms in total. The zero-order valence-corrected chi connectivity index (χ0v) is 15.0. The second-order valence-corrected chi connectivity index (χ2v) is 6.41. The zero-order valence-electron chi connectivity index (χ0n) is 13.3. The van der Waals surface area contributed by atoms with E-state index in [9.17, 15) is 4.79 Å². The summed E-state index contributed by atoms with van der Waals surface area (Å²) in [5, 5.41) is 3.47. The number of nitrogens with two attached hydrogens (primary N) is 1. The normalized spacial score (nSPS) is 20.8. The molecular formula is C15H31Cl2N3O. The molecule has 2 saturated heterocycles. The summed E-state index contributed by atoms with van der Waals surface area (Å²) in [5.74, 6) is 0.292. The van der Waals surface area contributed by atoms with Crippen LogP contribution in [0.15, 0.2) is 0 Å². The molecule has 0 radical (unpaired) electrons. The maximum Gasteiger partial charge on any atom is 0.230 e. The number of amides is 1. The van der Waals surface area contributed by atoms with Crippen LogP contribution in [0.2, 0.25) is 0 Å². The van der Waals surface area contributed by atoms with Crippen molar-refractivity contribution in [2.24, 2.45) is 16.6 Å². The molecule has 2 aliphatic rings. The van der Waals surface area contributed by atoms with Crippen LogP contribution in [-0.4, -0.2) is 43.5 Å². The Morgan fingerprint density at radius 3 is 2.14 bits per heavy atom. The first-order valence-corrected chi connectivity index (χ1v) is 7.81. The molecule has 2 aliphatic heterocycles. The highest BCUT2D eigenvalue weighted by molar-refractivity contribution is 5.85. The van der Waals surface area contributed by atoms with E-state index >= 15 is 0 Å². The molecule has 0 bridgehead atoms. The third-order valence-electron chi connectivity index (χ3n) is 5.64. The number of nitrogens with one attached hydrogen (secondary N) is 1. The highest BCUT2D eigenvalue weighted by Gasteiger charge is 2.42. The van der Waals surface area contributed by atoms with Crippen molar-refractivity contribution in [3.05, 3.63) is 0 Å². The van der Waals surface area contributed by atoms with Crippen molar-refractivity contribution in [2.45, 2.75) is 46.0 Å². The average Bonchev–Trinajstić information content (AvgIpc) is 2.90. The first kappa shape index (κ1) is 21.0. The SMILES string of the molecule is CCC(CC)(CN)C(=O)N1CCC2(CCNC2)CC1.Cl.Cl. The van der Waals surface area contributed by atoms with E-state index in [4.69, 9.17) is 5.73 Å². The van der Waals surface area contributed by atoms with E-state index in [2.05, 4.69) is 24.1 Å². The predicted molar refractivity (Wildman–Crippen MR) is 92.3 cm³/mol. The molecular weight excluding hydrogens is 309 g/mol. The van der Waals surface area contributed by atoms with Gasteiger partial charge in [-0.1, -0.05) is 13.8 Å². The minimum absolute atomic E-state index is 0. The molecule has 0 saturated carbocycles. The Morgan fingerprint density at radius 2 is 1.76 bits per heavy atom. The minimum Gasteiger partial charge on any atom is -0.342 e. The predicted octanol–water partition coefficient (Wildman–Crippen LogP) is 2.20. The molecule has 126 valence electrons. The summed E-state index contributed by atoms with van der Waals surface area (Å²) in [6.07, 6.45) is 5.28. The maximum atomic E-state index is 12.7. The lowest BCUT2D eigenvalue weighted by Gasteiger charge is -2.42. The minimum atomic E-state index is -0.321. The fraction of sp³-hybridized carbons (Fsp3) is 0.933. The summed E-state index contributed by atoms with van der Waals surface area (Å²) < 4.78 is 0. The van der Waals surface area contributed by atoms with Gasteiger partial charge >= 0.3 is 0 Å². The number of likely N-dealkylation sites (tertiary alicyclic amines) is 1. The van der Waals surface area contributed by atoms with Gasteiger partial charge in [-0.25, -0.2) is 0 Å². The van der Waals surface area contributed by atoms with Crippen molar-refractivity contribution in [3.8, 4) is 0 Å². The first-order valence-electron chi connectivity index (χ1n) is 7.81. The van der Waals surface area contributed by atoms with Gasteiger partial charge in [0, 0.05) is 26.2 Å². The number of nitrogens with zero attached hydrogens (tertiary/aromatic N) is 1. The summed E-state index contributed by atoms with van der Waals surface area (Å²) in [4.78, 5) is 14.8. The topological polar surface area (TPSA) is 58.4 Å². The molecule has 0 unspecified atom stereocenters. The lowest BCUT2D eigenvalue weighted by atomic mass is 9.76. The monoisotopic (exact) mass is 339 g/mol. The Bertz CT molecular complexity index is 311. The number of carbonyl (C=O) groups is 1. The van der Waals surface area contributed by atoms with E-state index in [0.29, 0.717) is 17.9 Å². The molecule has 1 amide bonds.